The highest BCUT2D eigenvalue weighted by molar-refractivity contribution is 6.32. The molecule has 0 spiro atoms. The van der Waals surface area contributed by atoms with Crippen molar-refractivity contribution in [1.29, 1.82) is 0 Å². The Morgan fingerprint density at radius 3 is 2.77 bits per heavy atom. The molecule has 0 bridgehead atoms. The standard InChI is InChI=1S/C14H15ClF2N2O3/c1-8(20)19-6-2-3-11(19)13(21)18-9-4-5-12(10(15)7-9)22-14(16)17/h4-5,7,11,14H,2-3,6H2,1H3,(H,18,21). The highest BCUT2D eigenvalue weighted by Crippen LogP contribution is 2.29. The van der Waals surface area contributed by atoms with Crippen LogP contribution in [-0.2, 0) is 9.59 Å². The predicted molar refractivity (Wildman–Crippen MR) is 77.1 cm³/mol. The molecule has 1 N–H and O–H groups in total. The van der Waals surface area contributed by atoms with Crippen molar-refractivity contribution in [2.45, 2.75) is 32.4 Å². The fraction of sp³-hybridized carbons (Fsp3) is 0.429. The van der Waals surface area contributed by atoms with Gasteiger partial charge in [-0.2, -0.15) is 8.78 Å². The van der Waals surface area contributed by atoms with Gasteiger partial charge in [-0.1, -0.05) is 11.6 Å². The topological polar surface area (TPSA) is 58.6 Å². The lowest BCUT2D eigenvalue weighted by Gasteiger charge is -2.22. The van der Waals surface area contributed by atoms with E-state index in [4.69, 9.17) is 11.6 Å². The first-order chi connectivity index (χ1) is 10.4. The summed E-state index contributed by atoms with van der Waals surface area (Å²) in [5.74, 6) is -0.649. The largest absolute Gasteiger partial charge is 0.433 e. The van der Waals surface area contributed by atoms with Crippen LogP contribution in [0.1, 0.15) is 19.8 Å². The Bertz CT molecular complexity index is 583. The molecule has 1 saturated heterocycles. The van der Waals surface area contributed by atoms with Crippen molar-refractivity contribution in [3.63, 3.8) is 0 Å². The molecule has 1 heterocycles. The summed E-state index contributed by atoms with van der Waals surface area (Å²) >= 11 is 5.82. The van der Waals surface area contributed by atoms with Crippen LogP contribution in [0.4, 0.5) is 14.5 Å². The Morgan fingerprint density at radius 1 is 1.45 bits per heavy atom. The van der Waals surface area contributed by atoms with Gasteiger partial charge in [-0.15, -0.1) is 0 Å². The van der Waals surface area contributed by atoms with E-state index in [0.717, 1.165) is 6.42 Å². The number of halogens is 3. The van der Waals surface area contributed by atoms with E-state index in [2.05, 4.69) is 10.1 Å². The summed E-state index contributed by atoms with van der Waals surface area (Å²) in [6.07, 6.45) is 1.35. The highest BCUT2D eigenvalue weighted by Gasteiger charge is 2.32. The van der Waals surface area contributed by atoms with Crippen molar-refractivity contribution in [2.24, 2.45) is 0 Å². The van der Waals surface area contributed by atoms with E-state index < -0.39 is 12.7 Å². The molecule has 5 nitrogen and oxygen atoms in total. The van der Waals surface area contributed by atoms with Crippen molar-refractivity contribution in [1.82, 2.24) is 4.90 Å². The third-order valence-corrected chi connectivity index (χ3v) is 3.67. The number of hydrogen-bond acceptors (Lipinski definition) is 3. The van der Waals surface area contributed by atoms with Gasteiger partial charge in [0.25, 0.3) is 0 Å². The minimum atomic E-state index is -2.97. The SMILES string of the molecule is CC(=O)N1CCCC1C(=O)Nc1ccc(OC(F)F)c(Cl)c1. The number of carbonyl (C=O) groups excluding carboxylic acids is 2. The summed E-state index contributed by atoms with van der Waals surface area (Å²) in [5.41, 5.74) is 0.354. The maximum Gasteiger partial charge on any atom is 0.387 e. The molecule has 22 heavy (non-hydrogen) atoms. The minimum absolute atomic E-state index is 0.0343. The monoisotopic (exact) mass is 332 g/mol. The maximum atomic E-state index is 12.2. The molecule has 0 radical (unpaired) electrons. The van der Waals surface area contributed by atoms with Crippen LogP contribution in [0.5, 0.6) is 5.75 Å². The second-order valence-corrected chi connectivity index (χ2v) is 5.29. The van der Waals surface area contributed by atoms with Crippen molar-refractivity contribution >= 4 is 29.1 Å². The molecule has 0 saturated carbocycles. The summed E-state index contributed by atoms with van der Waals surface area (Å²) in [6, 6.07) is 3.47. The number of amides is 2. The number of nitrogens with one attached hydrogen (secondary N) is 1. The smallest absolute Gasteiger partial charge is 0.387 e. The van der Waals surface area contributed by atoms with E-state index >= 15 is 0 Å². The van der Waals surface area contributed by atoms with Gasteiger partial charge in [0.05, 0.1) is 5.02 Å². The molecule has 8 heteroatoms. The number of rotatable bonds is 4. The molecule has 0 aromatic heterocycles. The molecule has 2 amide bonds. The lowest BCUT2D eigenvalue weighted by Crippen LogP contribution is -2.42. The van der Waals surface area contributed by atoms with Crippen LogP contribution in [-0.4, -0.2) is 35.9 Å². The van der Waals surface area contributed by atoms with Crippen molar-refractivity contribution in [3.8, 4) is 5.75 Å². The Balaban J connectivity index is 2.05. The third kappa shape index (κ3) is 3.85. The number of likely N-dealkylation sites (tertiary alicyclic amines) is 1. The molecule has 2 rings (SSSR count). The Morgan fingerprint density at radius 2 is 2.18 bits per heavy atom. The number of ether oxygens (including phenoxy) is 1. The second-order valence-electron chi connectivity index (χ2n) is 4.88. The molecule has 1 aromatic carbocycles. The highest BCUT2D eigenvalue weighted by atomic mass is 35.5. The Kier molecular flexibility index (Phi) is 5.18. The zero-order chi connectivity index (χ0) is 16.3. The van der Waals surface area contributed by atoms with Gasteiger partial charge in [0.1, 0.15) is 11.8 Å². The van der Waals surface area contributed by atoms with Gasteiger partial charge in [-0.25, -0.2) is 0 Å². The molecule has 1 aliphatic heterocycles. The van der Waals surface area contributed by atoms with Gasteiger partial charge in [0.2, 0.25) is 11.8 Å². The van der Waals surface area contributed by atoms with Crippen molar-refractivity contribution in [2.75, 3.05) is 11.9 Å². The molecule has 1 unspecified atom stereocenters. The van der Waals surface area contributed by atoms with E-state index in [1.807, 2.05) is 0 Å². The molecule has 1 aliphatic rings. The molecular weight excluding hydrogens is 318 g/mol. The van der Waals surface area contributed by atoms with Crippen LogP contribution in [0.2, 0.25) is 5.02 Å². The number of nitrogens with zero attached hydrogens (tertiary/aromatic N) is 1. The quantitative estimate of drug-likeness (QED) is 0.922. The molecule has 1 atom stereocenters. The lowest BCUT2D eigenvalue weighted by atomic mass is 10.2. The summed E-state index contributed by atoms with van der Waals surface area (Å²) in [4.78, 5) is 25.2. The van der Waals surface area contributed by atoms with E-state index in [1.54, 1.807) is 0 Å². The van der Waals surface area contributed by atoms with Crippen LogP contribution in [0.25, 0.3) is 0 Å². The third-order valence-electron chi connectivity index (χ3n) is 3.38. The van der Waals surface area contributed by atoms with Crippen molar-refractivity contribution < 1.29 is 23.1 Å². The van der Waals surface area contributed by atoms with Crippen LogP contribution >= 0.6 is 11.6 Å². The molecule has 0 aliphatic carbocycles. The number of benzene rings is 1. The number of carbonyl (C=O) groups is 2. The zero-order valence-corrected chi connectivity index (χ0v) is 12.6. The first kappa shape index (κ1) is 16.5. The van der Waals surface area contributed by atoms with Gasteiger partial charge >= 0.3 is 6.61 Å². The van der Waals surface area contributed by atoms with Crippen LogP contribution in [0.15, 0.2) is 18.2 Å². The minimum Gasteiger partial charge on any atom is -0.433 e. The average molecular weight is 333 g/mol. The van der Waals surface area contributed by atoms with Gasteiger partial charge in [0, 0.05) is 19.2 Å². The van der Waals surface area contributed by atoms with Crippen LogP contribution in [0.3, 0.4) is 0 Å². The Hall–Kier alpha value is -1.89. The predicted octanol–water partition coefficient (Wildman–Crippen LogP) is 2.89. The van der Waals surface area contributed by atoms with E-state index in [9.17, 15) is 18.4 Å². The molecule has 120 valence electrons. The summed E-state index contributed by atoms with van der Waals surface area (Å²) in [7, 11) is 0. The summed E-state index contributed by atoms with van der Waals surface area (Å²) in [6.45, 7) is -1.01. The number of anilines is 1. The van der Waals surface area contributed by atoms with Crippen LogP contribution in [0, 0.1) is 0 Å². The first-order valence-electron chi connectivity index (χ1n) is 6.71. The van der Waals surface area contributed by atoms with Gasteiger partial charge in [0.15, 0.2) is 0 Å². The van der Waals surface area contributed by atoms with Crippen molar-refractivity contribution in [3.05, 3.63) is 23.2 Å². The number of alkyl halides is 2. The van der Waals surface area contributed by atoms with Gasteiger partial charge < -0.3 is 15.0 Å². The maximum absolute atomic E-state index is 12.2. The zero-order valence-electron chi connectivity index (χ0n) is 11.8. The van der Waals surface area contributed by atoms with Gasteiger partial charge in [-0.3, -0.25) is 9.59 Å². The lowest BCUT2D eigenvalue weighted by molar-refractivity contribution is -0.134. The first-order valence-corrected chi connectivity index (χ1v) is 7.08. The van der Waals surface area contributed by atoms with E-state index in [1.165, 1.54) is 30.0 Å². The van der Waals surface area contributed by atoms with E-state index in [0.29, 0.717) is 18.7 Å². The summed E-state index contributed by atoms with van der Waals surface area (Å²) in [5, 5.41) is 2.60. The fourth-order valence-corrected chi connectivity index (χ4v) is 2.64. The molecule has 1 fully saturated rings. The van der Waals surface area contributed by atoms with Crippen LogP contribution < -0.4 is 10.1 Å². The number of hydrogen-bond donors (Lipinski definition) is 1. The molecule has 1 aromatic rings. The molecular formula is C14H15ClF2N2O3. The van der Waals surface area contributed by atoms with Gasteiger partial charge in [-0.05, 0) is 31.0 Å². The normalized spacial score (nSPS) is 17.7. The Labute approximate surface area is 131 Å². The second kappa shape index (κ2) is 6.91. The van der Waals surface area contributed by atoms with E-state index in [-0.39, 0.29) is 22.6 Å². The summed E-state index contributed by atoms with van der Waals surface area (Å²) < 4.78 is 28.5. The fourth-order valence-electron chi connectivity index (χ4n) is 2.41. The average Bonchev–Trinajstić information content (AvgIpc) is 2.91.